The van der Waals surface area contributed by atoms with Gasteiger partial charge in [0.25, 0.3) is 0 Å². The summed E-state index contributed by atoms with van der Waals surface area (Å²) in [6.45, 7) is 4.18. The van der Waals surface area contributed by atoms with Crippen LogP contribution in [0, 0.1) is 35.0 Å². The SMILES string of the molecule is C/C=C/CCCCC[C@H]1C=C2[C@@]3(CC4SCCCS4)C[C@H](C(=O)OC)[C@H](C(=O)OC)[C@H]4[C@@H]1C[C@H](C1(CC/C=C/C)SCCCS1)O[C@@]24O[C@H]3OC. The summed E-state index contributed by atoms with van der Waals surface area (Å²) in [5, 5.41) is 0. The Morgan fingerprint density at radius 1 is 0.902 bits per heavy atom. The fourth-order valence-corrected chi connectivity index (χ4v) is 16.7. The molecule has 11 heteroatoms. The molecule has 5 fully saturated rings. The standard InChI is InChI=1S/C40H60O7S4/c1-6-8-10-11-12-13-17-27-23-30-38(26-32-48-19-15-20-49-32)25-29(35(41)43-3)33(36(42)44-4)34-28(27)24-31(46-40(30,34)47-37(38)45-5)39(18-14-9-7-2)50-21-16-22-51-39/h6-9,23,27-29,31-34,37H,10-22,24-26H2,1-5H3/b8-6+,9-7+/t27-,28+,29-,31+,33-,34+,37+,38-,40+/m0/s1. The molecule has 7 nitrogen and oxygen atoms in total. The van der Waals surface area contributed by atoms with Gasteiger partial charge in [0.15, 0.2) is 12.1 Å². The van der Waals surface area contributed by atoms with Crippen molar-refractivity contribution in [3.63, 3.8) is 0 Å². The van der Waals surface area contributed by atoms with Gasteiger partial charge in [-0.3, -0.25) is 9.59 Å². The van der Waals surface area contributed by atoms with E-state index in [0.717, 1.165) is 80.0 Å². The summed E-state index contributed by atoms with van der Waals surface area (Å²) in [4.78, 5) is 28.3. The van der Waals surface area contributed by atoms with Crippen LogP contribution < -0.4 is 0 Å². The molecule has 0 aromatic rings. The topological polar surface area (TPSA) is 80.3 Å². The third-order valence-electron chi connectivity index (χ3n) is 12.3. The Kier molecular flexibility index (Phi) is 14.1. The van der Waals surface area contributed by atoms with Crippen LogP contribution in [0.1, 0.15) is 90.9 Å². The Bertz CT molecular complexity index is 1290. The summed E-state index contributed by atoms with van der Waals surface area (Å²) in [5.74, 6) is 1.03. The molecule has 6 rings (SSSR count). The first kappa shape index (κ1) is 40.1. The van der Waals surface area contributed by atoms with Crippen molar-refractivity contribution in [1.82, 2.24) is 0 Å². The Morgan fingerprint density at radius 3 is 2.29 bits per heavy atom. The number of thioether (sulfide) groups is 4. The Labute approximate surface area is 323 Å². The van der Waals surface area contributed by atoms with Gasteiger partial charge in [0, 0.05) is 13.0 Å². The van der Waals surface area contributed by atoms with Crippen LogP contribution in [-0.2, 0) is 33.3 Å². The van der Waals surface area contributed by atoms with Crippen molar-refractivity contribution in [3.8, 4) is 0 Å². The molecule has 286 valence electrons. The number of carbonyl (C=O) groups is 2. The van der Waals surface area contributed by atoms with Crippen LogP contribution in [0.4, 0.5) is 0 Å². The molecule has 0 N–H and O–H groups in total. The number of ether oxygens (including phenoxy) is 5. The van der Waals surface area contributed by atoms with Crippen molar-refractivity contribution >= 4 is 59.0 Å². The molecule has 4 aliphatic heterocycles. The van der Waals surface area contributed by atoms with Gasteiger partial charge in [0.1, 0.15) is 0 Å². The van der Waals surface area contributed by atoms with Crippen molar-refractivity contribution in [2.75, 3.05) is 44.3 Å². The monoisotopic (exact) mass is 780 g/mol. The van der Waals surface area contributed by atoms with Crippen LogP contribution in [0.25, 0.3) is 0 Å². The van der Waals surface area contributed by atoms with E-state index in [2.05, 4.69) is 67.8 Å². The van der Waals surface area contributed by atoms with Crippen LogP contribution in [0.3, 0.4) is 0 Å². The number of hydrogen-bond donors (Lipinski definition) is 0. The number of hydrogen-bond acceptors (Lipinski definition) is 11. The lowest BCUT2D eigenvalue weighted by Gasteiger charge is -2.58. The maximum Gasteiger partial charge on any atom is 0.310 e. The minimum atomic E-state index is -1.19. The quantitative estimate of drug-likeness (QED) is 0.0907. The van der Waals surface area contributed by atoms with Crippen LogP contribution in [-0.4, -0.2) is 83.1 Å². The highest BCUT2D eigenvalue weighted by Gasteiger charge is 2.76. The van der Waals surface area contributed by atoms with E-state index in [4.69, 9.17) is 23.7 Å². The highest BCUT2D eigenvalue weighted by atomic mass is 32.2. The van der Waals surface area contributed by atoms with Crippen LogP contribution in [0.5, 0.6) is 0 Å². The molecule has 1 saturated carbocycles. The zero-order valence-electron chi connectivity index (χ0n) is 31.3. The molecule has 4 heterocycles. The van der Waals surface area contributed by atoms with Crippen molar-refractivity contribution < 1.29 is 33.3 Å². The lowest BCUT2D eigenvalue weighted by molar-refractivity contribution is -0.343. The Morgan fingerprint density at radius 2 is 1.61 bits per heavy atom. The third kappa shape index (κ3) is 7.80. The molecule has 0 aromatic heterocycles. The summed E-state index contributed by atoms with van der Waals surface area (Å²) >= 11 is 8.14. The van der Waals surface area contributed by atoms with E-state index in [1.54, 1.807) is 7.11 Å². The van der Waals surface area contributed by atoms with Gasteiger partial charge in [0.2, 0.25) is 0 Å². The van der Waals surface area contributed by atoms with E-state index < -0.39 is 35.2 Å². The van der Waals surface area contributed by atoms with E-state index >= 15 is 0 Å². The van der Waals surface area contributed by atoms with E-state index in [-0.39, 0.29) is 34.0 Å². The van der Waals surface area contributed by atoms with Gasteiger partial charge in [0.05, 0.1) is 46.2 Å². The van der Waals surface area contributed by atoms with Crippen LogP contribution in [0.2, 0.25) is 0 Å². The molecule has 4 saturated heterocycles. The van der Waals surface area contributed by atoms with E-state index in [0.29, 0.717) is 11.0 Å². The maximum atomic E-state index is 14.3. The lowest BCUT2D eigenvalue weighted by Crippen LogP contribution is -2.64. The third-order valence-corrected chi connectivity index (χ3v) is 18.9. The summed E-state index contributed by atoms with van der Waals surface area (Å²) in [6, 6.07) is 0. The first-order valence-corrected chi connectivity index (χ1v) is 23.4. The Hall–Kier alpha value is -0.560. The van der Waals surface area contributed by atoms with Gasteiger partial charge in [-0.1, -0.05) is 43.2 Å². The first-order valence-electron chi connectivity index (χ1n) is 19.3. The van der Waals surface area contributed by atoms with Gasteiger partial charge in [-0.2, -0.15) is 0 Å². The smallest absolute Gasteiger partial charge is 0.310 e. The molecule has 0 unspecified atom stereocenters. The maximum absolute atomic E-state index is 14.3. The largest absolute Gasteiger partial charge is 0.469 e. The normalized spacial score (nSPS) is 37.7. The van der Waals surface area contributed by atoms with Crippen LogP contribution in [0.15, 0.2) is 36.0 Å². The number of allylic oxidation sites excluding steroid dienone is 5. The number of rotatable bonds is 15. The predicted molar refractivity (Wildman–Crippen MR) is 213 cm³/mol. The van der Waals surface area contributed by atoms with E-state index in [1.807, 2.05) is 23.5 Å². The average molecular weight is 781 g/mol. The summed E-state index contributed by atoms with van der Waals surface area (Å²) in [7, 11) is 4.64. The van der Waals surface area contributed by atoms with E-state index in [1.165, 1.54) is 33.5 Å². The number of esters is 2. The van der Waals surface area contributed by atoms with Gasteiger partial charge < -0.3 is 23.7 Å². The predicted octanol–water partition coefficient (Wildman–Crippen LogP) is 9.27. The zero-order valence-corrected chi connectivity index (χ0v) is 34.6. The van der Waals surface area contributed by atoms with Gasteiger partial charge in [-0.15, -0.1) is 47.0 Å². The van der Waals surface area contributed by atoms with Crippen LogP contribution >= 0.6 is 47.0 Å². The molecular formula is C40H60O7S4. The fourth-order valence-electron chi connectivity index (χ4n) is 10.1. The number of methoxy groups -OCH3 is 3. The second kappa shape index (κ2) is 17.9. The van der Waals surface area contributed by atoms with Crippen molar-refractivity contribution in [1.29, 1.82) is 0 Å². The van der Waals surface area contributed by atoms with Gasteiger partial charge >= 0.3 is 11.9 Å². The summed E-state index contributed by atoms with van der Waals surface area (Å²) < 4.78 is 32.8. The molecule has 2 aliphatic carbocycles. The number of carbonyl (C=O) groups excluding carboxylic acids is 2. The lowest BCUT2D eigenvalue weighted by atomic mass is 9.58. The summed E-state index contributed by atoms with van der Waals surface area (Å²) in [5.41, 5.74) is 0.478. The van der Waals surface area contributed by atoms with Crippen molar-refractivity contribution in [2.45, 2.75) is 118 Å². The average Bonchev–Trinajstić information content (AvgIpc) is 3.36. The van der Waals surface area contributed by atoms with E-state index in [9.17, 15) is 9.59 Å². The molecule has 0 radical (unpaired) electrons. The second-order valence-corrected chi connectivity index (χ2v) is 21.1. The fraction of sp³-hybridized carbons (Fsp3) is 0.800. The minimum absolute atomic E-state index is 0.0749. The Balaban J connectivity index is 1.52. The molecular weight excluding hydrogens is 721 g/mol. The summed E-state index contributed by atoms with van der Waals surface area (Å²) in [6.07, 6.45) is 22.6. The molecule has 51 heavy (non-hydrogen) atoms. The zero-order chi connectivity index (χ0) is 36.1. The molecule has 6 aliphatic rings. The van der Waals surface area contributed by atoms with Crippen molar-refractivity contribution in [2.24, 2.45) is 35.0 Å². The van der Waals surface area contributed by atoms with Gasteiger partial charge in [-0.25, -0.2) is 0 Å². The molecule has 0 amide bonds. The number of unbranched alkanes of at least 4 members (excludes halogenated alkanes) is 3. The highest BCUT2D eigenvalue weighted by molar-refractivity contribution is 8.19. The molecule has 9 atom stereocenters. The molecule has 5 bridgehead atoms. The first-order chi connectivity index (χ1) is 24.8. The van der Waals surface area contributed by atoms with Gasteiger partial charge in [-0.05, 0) is 118 Å². The molecule has 1 spiro atoms. The minimum Gasteiger partial charge on any atom is -0.469 e. The van der Waals surface area contributed by atoms with Crippen molar-refractivity contribution in [3.05, 3.63) is 36.0 Å². The molecule has 0 aromatic carbocycles. The highest BCUT2D eigenvalue weighted by Crippen LogP contribution is 2.71. The second-order valence-electron chi connectivity index (χ2n) is 15.1.